The molecule has 1 aromatic carbocycles. The molecular formula is C16H15ClF3N3O5. The summed E-state index contributed by atoms with van der Waals surface area (Å²) >= 11 is 0. The predicted molar refractivity (Wildman–Crippen MR) is 89.1 cm³/mol. The maximum Gasteiger partial charge on any atom is 0.393 e. The molecule has 4 rings (SSSR count). The van der Waals surface area contributed by atoms with Crippen molar-refractivity contribution in [2.45, 2.75) is 12.7 Å². The lowest BCUT2D eigenvalue weighted by Gasteiger charge is -2.17. The van der Waals surface area contributed by atoms with Gasteiger partial charge in [-0.2, -0.15) is 18.2 Å². The molecule has 0 amide bonds. The highest BCUT2D eigenvalue weighted by atomic mass is 35.5. The fraction of sp³-hybridized carbons (Fsp3) is 0.438. The first-order chi connectivity index (χ1) is 12.8. The average Bonchev–Trinajstić information content (AvgIpc) is 3.32. The van der Waals surface area contributed by atoms with Gasteiger partial charge in [-0.05, 0) is 18.2 Å². The molecule has 2 aliphatic heterocycles. The van der Waals surface area contributed by atoms with Crippen LogP contribution >= 0.6 is 12.4 Å². The van der Waals surface area contributed by atoms with Crippen LogP contribution in [-0.2, 0) is 11.3 Å². The third kappa shape index (κ3) is 3.85. The molecule has 3 heterocycles. The predicted octanol–water partition coefficient (Wildman–Crippen LogP) is 2.58. The van der Waals surface area contributed by atoms with Gasteiger partial charge in [0.05, 0.1) is 18.4 Å². The van der Waals surface area contributed by atoms with Crippen LogP contribution in [0.5, 0.6) is 11.5 Å². The van der Waals surface area contributed by atoms with E-state index in [-0.39, 0.29) is 44.0 Å². The summed E-state index contributed by atoms with van der Waals surface area (Å²) in [4.78, 5) is 16.7. The number of carbonyl (C=O) groups is 1. The molecule has 0 spiro atoms. The van der Waals surface area contributed by atoms with E-state index in [9.17, 15) is 18.0 Å². The minimum absolute atomic E-state index is 0. The van der Waals surface area contributed by atoms with Gasteiger partial charge in [0.15, 0.2) is 11.5 Å². The Labute approximate surface area is 162 Å². The van der Waals surface area contributed by atoms with E-state index >= 15 is 0 Å². The lowest BCUT2D eigenvalue weighted by atomic mass is 9.96. The molecule has 152 valence electrons. The Hall–Kier alpha value is -2.53. The number of hydrogen-bond acceptors (Lipinski definition) is 7. The molecule has 0 unspecified atom stereocenters. The normalized spacial score (nSPS) is 21.5. The maximum absolute atomic E-state index is 13.1. The number of nitrogens with zero attached hydrogens (tertiary/aromatic N) is 3. The Bertz CT molecular complexity index is 875. The maximum atomic E-state index is 13.1. The number of carboxylic acid groups (broad SMARTS) is 1. The summed E-state index contributed by atoms with van der Waals surface area (Å²) in [6.07, 6.45) is -4.58. The first-order valence-corrected chi connectivity index (χ1v) is 8.06. The van der Waals surface area contributed by atoms with Gasteiger partial charge in [0.1, 0.15) is 0 Å². The van der Waals surface area contributed by atoms with Crippen molar-refractivity contribution in [1.82, 2.24) is 15.0 Å². The van der Waals surface area contributed by atoms with Crippen LogP contribution in [0.1, 0.15) is 5.89 Å². The number of aromatic nitrogens is 2. The van der Waals surface area contributed by atoms with Crippen molar-refractivity contribution < 1.29 is 37.1 Å². The molecule has 1 aromatic heterocycles. The Balaban J connectivity index is 0.00000225. The molecule has 1 fully saturated rings. The molecule has 2 aromatic rings. The fourth-order valence-electron chi connectivity index (χ4n) is 3.26. The summed E-state index contributed by atoms with van der Waals surface area (Å²) in [5.74, 6) is -3.41. The van der Waals surface area contributed by atoms with E-state index in [1.807, 2.05) is 0 Å². The second-order valence-electron chi connectivity index (χ2n) is 6.37. The largest absolute Gasteiger partial charge is 0.481 e. The molecule has 28 heavy (non-hydrogen) atoms. The molecule has 12 heteroatoms. The van der Waals surface area contributed by atoms with Crippen molar-refractivity contribution in [2.24, 2.45) is 11.8 Å². The summed E-state index contributed by atoms with van der Waals surface area (Å²) in [6.45, 7) is -0.603. The number of hydrogen-bond donors (Lipinski definition) is 1. The van der Waals surface area contributed by atoms with Crippen LogP contribution in [0, 0.1) is 11.8 Å². The van der Waals surface area contributed by atoms with Crippen molar-refractivity contribution >= 4 is 18.4 Å². The van der Waals surface area contributed by atoms with Crippen LogP contribution in [-0.4, -0.2) is 52.2 Å². The van der Waals surface area contributed by atoms with Gasteiger partial charge < -0.3 is 19.1 Å². The van der Waals surface area contributed by atoms with E-state index in [0.29, 0.717) is 17.1 Å². The van der Waals surface area contributed by atoms with Gasteiger partial charge in [0.25, 0.3) is 0 Å². The van der Waals surface area contributed by atoms with E-state index in [1.54, 1.807) is 18.2 Å². The molecule has 0 saturated carbocycles. The number of halogens is 4. The average molecular weight is 422 g/mol. The molecule has 1 saturated heterocycles. The number of benzene rings is 1. The first kappa shape index (κ1) is 20.2. The molecule has 0 radical (unpaired) electrons. The minimum atomic E-state index is -4.58. The SMILES string of the molecule is Cl.O=C(O)[C@@H]1CN(Cc2nc(-c3ccc4c(c3)OCO4)no2)C[C@H]1C(F)(F)F. The second kappa shape index (κ2) is 7.47. The Morgan fingerprint density at radius 1 is 1.25 bits per heavy atom. The van der Waals surface area contributed by atoms with E-state index in [0.717, 1.165) is 0 Å². The van der Waals surface area contributed by atoms with E-state index in [4.69, 9.17) is 19.1 Å². The Morgan fingerprint density at radius 2 is 2.00 bits per heavy atom. The Kier molecular flexibility index (Phi) is 5.39. The van der Waals surface area contributed by atoms with Gasteiger partial charge in [0.2, 0.25) is 18.5 Å². The molecule has 2 atom stereocenters. The number of alkyl halides is 3. The molecule has 1 N–H and O–H groups in total. The quantitative estimate of drug-likeness (QED) is 0.804. The van der Waals surface area contributed by atoms with Crippen molar-refractivity contribution in [1.29, 1.82) is 0 Å². The monoisotopic (exact) mass is 421 g/mol. The number of ether oxygens (including phenoxy) is 2. The third-order valence-corrected chi connectivity index (χ3v) is 4.59. The second-order valence-corrected chi connectivity index (χ2v) is 6.37. The minimum Gasteiger partial charge on any atom is -0.481 e. The summed E-state index contributed by atoms with van der Waals surface area (Å²) in [7, 11) is 0. The number of aliphatic carboxylic acids is 1. The van der Waals surface area contributed by atoms with Crippen LogP contribution in [0.4, 0.5) is 13.2 Å². The topological polar surface area (TPSA) is 97.9 Å². The van der Waals surface area contributed by atoms with Crippen molar-refractivity contribution in [3.63, 3.8) is 0 Å². The molecule has 0 aliphatic carbocycles. The van der Waals surface area contributed by atoms with Crippen molar-refractivity contribution in [2.75, 3.05) is 19.9 Å². The summed E-state index contributed by atoms with van der Waals surface area (Å²) < 4.78 is 54.8. The van der Waals surface area contributed by atoms with Gasteiger partial charge in [-0.15, -0.1) is 12.4 Å². The molecular weight excluding hydrogens is 407 g/mol. The van der Waals surface area contributed by atoms with Gasteiger partial charge in [-0.25, -0.2) is 0 Å². The van der Waals surface area contributed by atoms with Gasteiger partial charge in [-0.3, -0.25) is 9.69 Å². The standard InChI is InChI=1S/C16H14F3N3O5.ClH/c17-16(18,19)10-5-22(4-9(10)15(23)24)6-13-20-14(21-27-13)8-1-2-11-12(3-8)26-7-25-11;/h1-3,9-10H,4-7H2,(H,23,24);1H/t9-,10-;/m1./s1. The number of fused-ring (bicyclic) bond motifs is 1. The van der Waals surface area contributed by atoms with Crippen LogP contribution in [0.2, 0.25) is 0 Å². The Morgan fingerprint density at radius 3 is 2.68 bits per heavy atom. The van der Waals surface area contributed by atoms with Gasteiger partial charge in [0, 0.05) is 18.7 Å². The van der Waals surface area contributed by atoms with Crippen molar-refractivity contribution in [3.05, 3.63) is 24.1 Å². The zero-order chi connectivity index (χ0) is 19.2. The highest BCUT2D eigenvalue weighted by molar-refractivity contribution is 5.85. The van der Waals surface area contributed by atoms with Crippen molar-refractivity contribution in [3.8, 4) is 22.9 Å². The lowest BCUT2D eigenvalue weighted by Crippen LogP contribution is -2.33. The zero-order valence-corrected chi connectivity index (χ0v) is 15.0. The van der Waals surface area contributed by atoms with Gasteiger partial charge >= 0.3 is 12.1 Å². The third-order valence-electron chi connectivity index (χ3n) is 4.59. The van der Waals surface area contributed by atoms with Crippen LogP contribution in [0.15, 0.2) is 22.7 Å². The number of rotatable bonds is 4. The fourth-order valence-corrected chi connectivity index (χ4v) is 3.26. The molecule has 2 aliphatic rings. The number of likely N-dealkylation sites (tertiary alicyclic amines) is 1. The lowest BCUT2D eigenvalue weighted by molar-refractivity contribution is -0.188. The molecule has 8 nitrogen and oxygen atoms in total. The highest BCUT2D eigenvalue weighted by Gasteiger charge is 2.52. The first-order valence-electron chi connectivity index (χ1n) is 8.06. The highest BCUT2D eigenvalue weighted by Crippen LogP contribution is 2.38. The van der Waals surface area contributed by atoms with E-state index in [1.165, 1.54) is 4.90 Å². The molecule has 0 bridgehead atoms. The van der Waals surface area contributed by atoms with E-state index < -0.39 is 30.5 Å². The summed E-state index contributed by atoms with van der Waals surface area (Å²) in [6, 6.07) is 5.07. The smallest absolute Gasteiger partial charge is 0.393 e. The zero-order valence-electron chi connectivity index (χ0n) is 14.2. The number of carboxylic acids is 1. The summed E-state index contributed by atoms with van der Waals surface area (Å²) in [5.41, 5.74) is 0.604. The summed E-state index contributed by atoms with van der Waals surface area (Å²) in [5, 5.41) is 12.9. The van der Waals surface area contributed by atoms with Crippen LogP contribution in [0.3, 0.4) is 0 Å². The van der Waals surface area contributed by atoms with Crippen LogP contribution < -0.4 is 9.47 Å². The van der Waals surface area contributed by atoms with E-state index in [2.05, 4.69) is 10.1 Å². The van der Waals surface area contributed by atoms with Crippen LogP contribution in [0.25, 0.3) is 11.4 Å². The van der Waals surface area contributed by atoms with Gasteiger partial charge in [-0.1, -0.05) is 5.16 Å².